The van der Waals surface area contributed by atoms with Gasteiger partial charge in [0, 0.05) is 18.7 Å². The highest BCUT2D eigenvalue weighted by Crippen LogP contribution is 2.39. The zero-order valence-corrected chi connectivity index (χ0v) is 13.9. The van der Waals surface area contributed by atoms with E-state index in [2.05, 4.69) is 6.92 Å². The maximum atomic E-state index is 14.3. The van der Waals surface area contributed by atoms with Crippen LogP contribution in [0.5, 0.6) is 11.5 Å². The Hall–Kier alpha value is -1.78. The van der Waals surface area contributed by atoms with E-state index >= 15 is 0 Å². The van der Waals surface area contributed by atoms with E-state index in [1.54, 1.807) is 4.90 Å². The topological polar surface area (TPSA) is 38.8 Å². The number of rotatable bonds is 6. The maximum Gasteiger partial charge on any atom is 0.257 e. The minimum atomic E-state index is -0.586. The Bertz CT molecular complexity index is 559. The Kier molecular flexibility index (Phi) is 4.94. The van der Waals surface area contributed by atoms with Gasteiger partial charge in [-0.1, -0.05) is 6.92 Å². The van der Waals surface area contributed by atoms with Crippen LogP contribution < -0.4 is 9.47 Å². The summed E-state index contributed by atoms with van der Waals surface area (Å²) < 4.78 is 24.5. The molecule has 0 aromatic heterocycles. The second-order valence-corrected chi connectivity index (χ2v) is 6.21. The summed E-state index contributed by atoms with van der Waals surface area (Å²) in [5, 5.41) is 0. The lowest BCUT2D eigenvalue weighted by Crippen LogP contribution is -2.39. The number of hydrogen-bond donors (Lipinski definition) is 0. The first-order valence-electron chi connectivity index (χ1n) is 7.61. The first-order valence-corrected chi connectivity index (χ1v) is 7.61. The molecule has 5 heteroatoms. The molecule has 0 aliphatic heterocycles. The molecule has 1 aromatic carbocycles. The van der Waals surface area contributed by atoms with Gasteiger partial charge in [0.1, 0.15) is 5.82 Å². The molecule has 0 radical (unpaired) electrons. The van der Waals surface area contributed by atoms with Gasteiger partial charge in [-0.3, -0.25) is 4.79 Å². The molecule has 0 N–H and O–H groups in total. The predicted octanol–water partition coefficient (Wildman–Crippen LogP) is 3.35. The number of carbonyl (C=O) groups excluding carboxylic acids is 1. The van der Waals surface area contributed by atoms with Crippen molar-refractivity contribution in [2.75, 3.05) is 20.8 Å². The monoisotopic (exact) mass is 309 g/mol. The minimum absolute atomic E-state index is 0.0211. The number of benzene rings is 1. The van der Waals surface area contributed by atoms with Crippen molar-refractivity contribution < 1.29 is 18.7 Å². The van der Waals surface area contributed by atoms with Crippen LogP contribution in [0.15, 0.2) is 12.1 Å². The van der Waals surface area contributed by atoms with Crippen LogP contribution in [0.3, 0.4) is 0 Å². The van der Waals surface area contributed by atoms with E-state index in [1.165, 1.54) is 26.4 Å². The van der Waals surface area contributed by atoms with Crippen LogP contribution in [0.4, 0.5) is 4.39 Å². The van der Waals surface area contributed by atoms with E-state index in [9.17, 15) is 9.18 Å². The summed E-state index contributed by atoms with van der Waals surface area (Å²) in [5.41, 5.74) is 0.0275. The first kappa shape index (κ1) is 16.6. The van der Waals surface area contributed by atoms with Crippen molar-refractivity contribution in [3.63, 3.8) is 0 Å². The van der Waals surface area contributed by atoms with E-state index < -0.39 is 5.82 Å². The highest BCUT2D eigenvalue weighted by Gasteiger charge is 2.36. The number of ether oxygens (including phenoxy) is 2. The lowest BCUT2D eigenvalue weighted by Gasteiger charge is -2.27. The number of halogens is 1. The molecule has 4 nitrogen and oxygen atoms in total. The summed E-state index contributed by atoms with van der Waals surface area (Å²) >= 11 is 0. The van der Waals surface area contributed by atoms with Crippen molar-refractivity contribution in [1.82, 2.24) is 4.90 Å². The fourth-order valence-corrected chi connectivity index (χ4v) is 2.61. The van der Waals surface area contributed by atoms with Gasteiger partial charge < -0.3 is 14.4 Å². The van der Waals surface area contributed by atoms with Gasteiger partial charge in [-0.2, -0.15) is 0 Å². The molecular weight excluding hydrogens is 285 g/mol. The summed E-state index contributed by atoms with van der Waals surface area (Å²) in [5.74, 6) is 0.919. The second kappa shape index (κ2) is 6.55. The van der Waals surface area contributed by atoms with E-state index in [0.717, 1.165) is 6.42 Å². The minimum Gasteiger partial charge on any atom is -0.493 e. The van der Waals surface area contributed by atoms with Crippen molar-refractivity contribution in [2.45, 2.75) is 33.2 Å². The summed E-state index contributed by atoms with van der Waals surface area (Å²) in [6.45, 7) is 6.74. The molecule has 1 aromatic rings. The first-order chi connectivity index (χ1) is 10.4. The van der Waals surface area contributed by atoms with Crippen LogP contribution in [0.25, 0.3) is 0 Å². The highest BCUT2D eigenvalue weighted by atomic mass is 19.1. The van der Waals surface area contributed by atoms with Crippen LogP contribution in [-0.2, 0) is 0 Å². The standard InChI is InChI=1S/C17H24FNO3/c1-10(2)19(9-12-6-11(12)3)17(20)13-7-15(21-4)16(22-5)8-14(13)18/h7-8,10-12H,6,9H2,1-5H3/t11-,12+/m0/s1. The highest BCUT2D eigenvalue weighted by molar-refractivity contribution is 5.95. The van der Waals surface area contributed by atoms with Crippen LogP contribution in [0.2, 0.25) is 0 Å². The van der Waals surface area contributed by atoms with E-state index in [-0.39, 0.29) is 23.3 Å². The van der Waals surface area contributed by atoms with Gasteiger partial charge >= 0.3 is 0 Å². The number of carbonyl (C=O) groups is 1. The number of amides is 1. The zero-order valence-electron chi connectivity index (χ0n) is 13.9. The van der Waals surface area contributed by atoms with Crippen molar-refractivity contribution >= 4 is 5.91 Å². The number of hydrogen-bond acceptors (Lipinski definition) is 3. The molecule has 0 unspecified atom stereocenters. The van der Waals surface area contributed by atoms with Crippen LogP contribution in [0, 0.1) is 17.7 Å². The SMILES string of the molecule is COc1cc(F)c(C(=O)N(C[C@H]2C[C@@H]2C)C(C)C)cc1OC. The van der Waals surface area contributed by atoms with E-state index in [4.69, 9.17) is 9.47 Å². The van der Waals surface area contributed by atoms with Crippen LogP contribution >= 0.6 is 0 Å². The van der Waals surface area contributed by atoms with E-state index in [1.807, 2.05) is 13.8 Å². The molecule has 2 atom stereocenters. The van der Waals surface area contributed by atoms with Crippen molar-refractivity contribution in [2.24, 2.45) is 11.8 Å². The molecule has 1 saturated carbocycles. The third kappa shape index (κ3) is 3.34. The average molecular weight is 309 g/mol. The Labute approximate surface area is 131 Å². The molecule has 1 amide bonds. The molecular formula is C17H24FNO3. The smallest absolute Gasteiger partial charge is 0.257 e. The van der Waals surface area contributed by atoms with Crippen LogP contribution in [0.1, 0.15) is 37.6 Å². The van der Waals surface area contributed by atoms with Crippen LogP contribution in [-0.4, -0.2) is 37.6 Å². The Morgan fingerprint density at radius 1 is 1.32 bits per heavy atom. The Morgan fingerprint density at radius 2 is 1.86 bits per heavy atom. The molecule has 0 spiro atoms. The summed E-state index contributed by atoms with van der Waals surface area (Å²) in [4.78, 5) is 14.5. The molecule has 122 valence electrons. The second-order valence-electron chi connectivity index (χ2n) is 6.21. The molecule has 0 heterocycles. The van der Waals surface area contributed by atoms with Gasteiger partial charge in [-0.15, -0.1) is 0 Å². The Balaban J connectivity index is 2.29. The fraction of sp³-hybridized carbons (Fsp3) is 0.588. The molecule has 1 aliphatic rings. The normalized spacial score (nSPS) is 20.0. The molecule has 22 heavy (non-hydrogen) atoms. The van der Waals surface area contributed by atoms with Crippen molar-refractivity contribution in [1.29, 1.82) is 0 Å². The van der Waals surface area contributed by atoms with Crippen molar-refractivity contribution in [3.05, 3.63) is 23.5 Å². The molecule has 0 bridgehead atoms. The number of methoxy groups -OCH3 is 2. The molecule has 2 rings (SSSR count). The molecule has 0 saturated heterocycles. The molecule has 1 fully saturated rings. The van der Waals surface area contributed by atoms with Gasteiger partial charge in [-0.25, -0.2) is 4.39 Å². The van der Waals surface area contributed by atoms with Gasteiger partial charge in [-0.05, 0) is 38.2 Å². The largest absolute Gasteiger partial charge is 0.493 e. The third-order valence-electron chi connectivity index (χ3n) is 4.30. The third-order valence-corrected chi connectivity index (χ3v) is 4.30. The zero-order chi connectivity index (χ0) is 16.4. The molecule has 1 aliphatic carbocycles. The quantitative estimate of drug-likeness (QED) is 0.809. The lowest BCUT2D eigenvalue weighted by atomic mass is 10.1. The summed E-state index contributed by atoms with van der Waals surface area (Å²) in [6, 6.07) is 2.64. The summed E-state index contributed by atoms with van der Waals surface area (Å²) in [6.07, 6.45) is 1.13. The Morgan fingerprint density at radius 3 is 2.32 bits per heavy atom. The van der Waals surface area contributed by atoms with Crippen molar-refractivity contribution in [3.8, 4) is 11.5 Å². The summed E-state index contributed by atoms with van der Waals surface area (Å²) in [7, 11) is 2.91. The van der Waals surface area contributed by atoms with Gasteiger partial charge in [0.05, 0.1) is 19.8 Å². The van der Waals surface area contributed by atoms with Gasteiger partial charge in [0.15, 0.2) is 11.5 Å². The lowest BCUT2D eigenvalue weighted by molar-refractivity contribution is 0.0688. The fourth-order valence-electron chi connectivity index (χ4n) is 2.61. The van der Waals surface area contributed by atoms with Gasteiger partial charge in [0.25, 0.3) is 5.91 Å². The predicted molar refractivity (Wildman–Crippen MR) is 82.9 cm³/mol. The van der Waals surface area contributed by atoms with Gasteiger partial charge in [0.2, 0.25) is 0 Å². The average Bonchev–Trinajstić information content (AvgIpc) is 3.18. The van der Waals surface area contributed by atoms with E-state index in [0.29, 0.717) is 24.1 Å². The number of nitrogens with zero attached hydrogens (tertiary/aromatic N) is 1. The maximum absolute atomic E-state index is 14.3.